The van der Waals surface area contributed by atoms with Gasteiger partial charge in [0.05, 0.1) is 5.56 Å². The number of ketones is 2. The first-order chi connectivity index (χ1) is 12.5. The van der Waals surface area contributed by atoms with Crippen molar-refractivity contribution in [3.8, 4) is 5.75 Å². The van der Waals surface area contributed by atoms with Crippen molar-refractivity contribution in [1.29, 1.82) is 0 Å². The molecule has 2 heterocycles. The van der Waals surface area contributed by atoms with Crippen LogP contribution in [0.1, 0.15) is 50.8 Å². The molecule has 0 aliphatic carbocycles. The summed E-state index contributed by atoms with van der Waals surface area (Å²) in [7, 11) is -1.09. The van der Waals surface area contributed by atoms with Gasteiger partial charge in [0.15, 0.2) is 11.6 Å². The predicted molar refractivity (Wildman–Crippen MR) is 98.4 cm³/mol. The molecule has 0 saturated heterocycles. The van der Waals surface area contributed by atoms with Gasteiger partial charge in [0, 0.05) is 30.9 Å². The fourth-order valence-electron chi connectivity index (χ4n) is 3.76. The summed E-state index contributed by atoms with van der Waals surface area (Å²) in [6.07, 6.45) is 0.715. The molecule has 0 spiro atoms. The van der Waals surface area contributed by atoms with E-state index in [1.807, 2.05) is 30.3 Å². The van der Waals surface area contributed by atoms with Gasteiger partial charge in [-0.2, -0.15) is 0 Å². The van der Waals surface area contributed by atoms with Crippen molar-refractivity contribution in [3.63, 3.8) is 0 Å². The standard InChI is InChI=1S/C20H20BNO4/c1-12(23)18-4-2-3-14-8-17(21(25)26-20(14)18)9-19(24)13-5-6-15-10-22-11-16(15)7-13/h2-7,17,22,25H,8-11H2,1H3/t17-/m1/s1. The third kappa shape index (κ3) is 3.06. The van der Waals surface area contributed by atoms with Gasteiger partial charge in [-0.15, -0.1) is 0 Å². The molecule has 26 heavy (non-hydrogen) atoms. The lowest BCUT2D eigenvalue weighted by Crippen LogP contribution is -2.35. The van der Waals surface area contributed by atoms with Gasteiger partial charge in [0.1, 0.15) is 5.75 Å². The number of nitrogens with one attached hydrogen (secondary N) is 1. The van der Waals surface area contributed by atoms with Gasteiger partial charge in [-0.3, -0.25) is 9.59 Å². The zero-order chi connectivity index (χ0) is 18.3. The number of carbonyl (C=O) groups is 2. The summed E-state index contributed by atoms with van der Waals surface area (Å²) in [5.74, 6) is 0.0113. The highest BCUT2D eigenvalue weighted by Gasteiger charge is 2.37. The molecule has 132 valence electrons. The summed E-state index contributed by atoms with van der Waals surface area (Å²) < 4.78 is 5.62. The zero-order valence-corrected chi connectivity index (χ0v) is 14.6. The second kappa shape index (κ2) is 6.70. The van der Waals surface area contributed by atoms with Crippen molar-refractivity contribution in [2.45, 2.75) is 38.7 Å². The van der Waals surface area contributed by atoms with Gasteiger partial charge in [-0.1, -0.05) is 24.3 Å². The maximum absolute atomic E-state index is 12.7. The molecular formula is C20H20BNO4. The van der Waals surface area contributed by atoms with Crippen LogP contribution in [-0.4, -0.2) is 23.7 Å². The van der Waals surface area contributed by atoms with Crippen molar-refractivity contribution < 1.29 is 19.3 Å². The average molecular weight is 349 g/mol. The molecule has 1 atom stereocenters. The number of Topliss-reactive ketones (excluding diaryl/α,β-unsaturated/α-hetero) is 2. The molecular weight excluding hydrogens is 329 g/mol. The summed E-state index contributed by atoms with van der Waals surface area (Å²) in [5, 5.41) is 13.6. The largest absolute Gasteiger partial charge is 0.535 e. The van der Waals surface area contributed by atoms with Gasteiger partial charge < -0.3 is 15.0 Å². The molecule has 2 aliphatic heterocycles. The lowest BCUT2D eigenvalue weighted by Gasteiger charge is -2.28. The van der Waals surface area contributed by atoms with E-state index >= 15 is 0 Å². The molecule has 0 unspecified atom stereocenters. The highest BCUT2D eigenvalue weighted by molar-refractivity contribution is 6.47. The van der Waals surface area contributed by atoms with Crippen LogP contribution < -0.4 is 9.97 Å². The van der Waals surface area contributed by atoms with Crippen molar-refractivity contribution in [1.82, 2.24) is 5.32 Å². The summed E-state index contributed by atoms with van der Waals surface area (Å²) >= 11 is 0. The first kappa shape index (κ1) is 17.0. The maximum Gasteiger partial charge on any atom is 0.526 e. The number of benzene rings is 2. The van der Waals surface area contributed by atoms with Crippen molar-refractivity contribution in [3.05, 3.63) is 64.2 Å². The first-order valence-corrected chi connectivity index (χ1v) is 8.86. The van der Waals surface area contributed by atoms with E-state index in [1.54, 1.807) is 6.07 Å². The Balaban J connectivity index is 1.53. The Morgan fingerprint density at radius 1 is 1.19 bits per heavy atom. The van der Waals surface area contributed by atoms with Gasteiger partial charge in [0.2, 0.25) is 0 Å². The van der Waals surface area contributed by atoms with E-state index < -0.39 is 7.12 Å². The fraction of sp³-hybridized carbons (Fsp3) is 0.300. The lowest BCUT2D eigenvalue weighted by atomic mass is 9.64. The first-order valence-electron chi connectivity index (χ1n) is 8.86. The summed E-state index contributed by atoms with van der Waals surface area (Å²) in [4.78, 5) is 24.4. The minimum Gasteiger partial charge on any atom is -0.535 e. The van der Waals surface area contributed by atoms with E-state index in [2.05, 4.69) is 5.32 Å². The molecule has 2 aromatic carbocycles. The Kier molecular flexibility index (Phi) is 4.38. The molecule has 0 saturated carbocycles. The van der Waals surface area contributed by atoms with E-state index in [0.717, 1.165) is 24.2 Å². The molecule has 0 fully saturated rings. The second-order valence-electron chi connectivity index (χ2n) is 7.04. The predicted octanol–water partition coefficient (Wildman–Crippen LogP) is 2.55. The van der Waals surface area contributed by atoms with Crippen LogP contribution in [0, 0.1) is 0 Å². The smallest absolute Gasteiger partial charge is 0.526 e. The molecule has 2 N–H and O–H groups in total. The number of hydrogen-bond donors (Lipinski definition) is 2. The van der Waals surface area contributed by atoms with Crippen LogP contribution in [0.5, 0.6) is 5.75 Å². The van der Waals surface area contributed by atoms with Crippen LogP contribution >= 0.6 is 0 Å². The molecule has 5 nitrogen and oxygen atoms in total. The molecule has 0 aromatic heterocycles. The number of fused-ring (bicyclic) bond motifs is 2. The molecule has 0 radical (unpaired) electrons. The van der Waals surface area contributed by atoms with E-state index in [0.29, 0.717) is 23.3 Å². The van der Waals surface area contributed by atoms with E-state index in [1.165, 1.54) is 12.5 Å². The average Bonchev–Trinajstić information content (AvgIpc) is 3.09. The fourth-order valence-corrected chi connectivity index (χ4v) is 3.76. The quantitative estimate of drug-likeness (QED) is 0.655. The Bertz CT molecular complexity index is 895. The van der Waals surface area contributed by atoms with Crippen molar-refractivity contribution in [2.75, 3.05) is 0 Å². The Morgan fingerprint density at radius 3 is 2.81 bits per heavy atom. The number of para-hydroxylation sites is 1. The summed E-state index contributed by atoms with van der Waals surface area (Å²) in [6.45, 7) is 3.10. The lowest BCUT2D eigenvalue weighted by molar-refractivity contribution is 0.0971. The number of rotatable bonds is 4. The van der Waals surface area contributed by atoms with Crippen LogP contribution in [0.4, 0.5) is 0 Å². The number of carbonyl (C=O) groups excluding carboxylic acids is 2. The minimum absolute atomic E-state index is 0.00137. The van der Waals surface area contributed by atoms with Gasteiger partial charge in [0.25, 0.3) is 0 Å². The zero-order valence-electron chi connectivity index (χ0n) is 14.6. The van der Waals surface area contributed by atoms with Crippen LogP contribution in [0.2, 0.25) is 5.82 Å². The third-order valence-electron chi connectivity index (χ3n) is 5.21. The van der Waals surface area contributed by atoms with Crippen LogP contribution in [-0.2, 0) is 19.5 Å². The maximum atomic E-state index is 12.7. The minimum atomic E-state index is -1.09. The molecule has 4 rings (SSSR count). The van der Waals surface area contributed by atoms with Crippen molar-refractivity contribution >= 4 is 18.7 Å². The summed E-state index contributed by atoms with van der Waals surface area (Å²) in [5.41, 5.74) is 4.39. The SMILES string of the molecule is CC(=O)c1cccc2c1OB(O)[C@@H](CC(=O)c1ccc3c(c1)CNC3)C2. The normalized spacial score (nSPS) is 18.1. The van der Waals surface area contributed by atoms with Crippen LogP contribution in [0.25, 0.3) is 0 Å². The van der Waals surface area contributed by atoms with Crippen LogP contribution in [0.15, 0.2) is 36.4 Å². The van der Waals surface area contributed by atoms with Gasteiger partial charge in [-0.25, -0.2) is 0 Å². The highest BCUT2D eigenvalue weighted by atomic mass is 16.5. The van der Waals surface area contributed by atoms with Crippen molar-refractivity contribution in [2.24, 2.45) is 0 Å². The molecule has 2 aliphatic rings. The van der Waals surface area contributed by atoms with Gasteiger partial charge >= 0.3 is 7.12 Å². The topological polar surface area (TPSA) is 75.6 Å². The second-order valence-corrected chi connectivity index (χ2v) is 7.04. The summed E-state index contributed by atoms with van der Waals surface area (Å²) in [6, 6.07) is 11.2. The molecule has 6 heteroatoms. The highest BCUT2D eigenvalue weighted by Crippen LogP contribution is 2.37. The van der Waals surface area contributed by atoms with E-state index in [-0.39, 0.29) is 23.8 Å². The van der Waals surface area contributed by atoms with E-state index in [4.69, 9.17) is 4.65 Å². The number of hydrogen-bond acceptors (Lipinski definition) is 5. The van der Waals surface area contributed by atoms with Crippen LogP contribution in [0.3, 0.4) is 0 Å². The molecule has 0 amide bonds. The van der Waals surface area contributed by atoms with E-state index in [9.17, 15) is 14.6 Å². The Hall–Kier alpha value is -2.44. The Labute approximate surface area is 152 Å². The van der Waals surface area contributed by atoms with Gasteiger partial charge in [-0.05, 0) is 42.2 Å². The molecule has 0 bridgehead atoms. The molecule has 2 aromatic rings. The third-order valence-corrected chi connectivity index (χ3v) is 5.21. The Morgan fingerprint density at radius 2 is 2.00 bits per heavy atom. The monoisotopic (exact) mass is 349 g/mol.